The van der Waals surface area contributed by atoms with E-state index in [0.29, 0.717) is 25.9 Å². The third-order valence-corrected chi connectivity index (χ3v) is 3.05. The van der Waals surface area contributed by atoms with Crippen molar-refractivity contribution < 1.29 is 8.78 Å². The third-order valence-electron chi connectivity index (χ3n) is 3.05. The fourth-order valence-electron chi connectivity index (χ4n) is 2.07. The summed E-state index contributed by atoms with van der Waals surface area (Å²) in [5.74, 6) is 0.378. The number of halogens is 3. The SMILES string of the molecule is Cc1nccnc1N1CCC(C(F)F)CC1.Cl. The molecule has 2 rings (SSSR count). The van der Waals surface area contributed by atoms with Crippen LogP contribution >= 0.6 is 12.4 Å². The van der Waals surface area contributed by atoms with Gasteiger partial charge in [0.2, 0.25) is 6.43 Å². The molecule has 1 saturated heterocycles. The van der Waals surface area contributed by atoms with Crippen molar-refractivity contribution in [2.24, 2.45) is 5.92 Å². The molecule has 0 saturated carbocycles. The predicted molar refractivity (Wildman–Crippen MR) is 65.0 cm³/mol. The minimum Gasteiger partial charge on any atom is -0.355 e. The zero-order valence-corrected chi connectivity index (χ0v) is 10.5. The van der Waals surface area contributed by atoms with E-state index in [1.807, 2.05) is 11.8 Å². The molecule has 17 heavy (non-hydrogen) atoms. The van der Waals surface area contributed by atoms with Gasteiger partial charge in [-0.2, -0.15) is 0 Å². The van der Waals surface area contributed by atoms with E-state index < -0.39 is 12.3 Å². The van der Waals surface area contributed by atoms with Gasteiger partial charge < -0.3 is 4.90 Å². The van der Waals surface area contributed by atoms with Gasteiger partial charge in [0.15, 0.2) is 0 Å². The van der Waals surface area contributed by atoms with Gasteiger partial charge in [-0.25, -0.2) is 13.8 Å². The van der Waals surface area contributed by atoms with E-state index in [-0.39, 0.29) is 12.4 Å². The number of nitrogens with zero attached hydrogens (tertiary/aromatic N) is 3. The summed E-state index contributed by atoms with van der Waals surface area (Å²) < 4.78 is 25.0. The van der Waals surface area contributed by atoms with E-state index in [1.165, 1.54) is 0 Å². The van der Waals surface area contributed by atoms with Crippen LogP contribution in [0.2, 0.25) is 0 Å². The lowest BCUT2D eigenvalue weighted by Gasteiger charge is -2.32. The Labute approximate surface area is 106 Å². The van der Waals surface area contributed by atoms with Crippen LogP contribution in [0.4, 0.5) is 14.6 Å². The van der Waals surface area contributed by atoms with E-state index in [1.54, 1.807) is 12.4 Å². The minimum absolute atomic E-state index is 0. The molecule has 0 bridgehead atoms. The quantitative estimate of drug-likeness (QED) is 0.822. The van der Waals surface area contributed by atoms with Crippen LogP contribution in [0.3, 0.4) is 0 Å². The molecule has 0 aliphatic carbocycles. The van der Waals surface area contributed by atoms with Gasteiger partial charge in [-0.15, -0.1) is 12.4 Å². The van der Waals surface area contributed by atoms with E-state index >= 15 is 0 Å². The van der Waals surface area contributed by atoms with Crippen LogP contribution in [0.1, 0.15) is 18.5 Å². The van der Waals surface area contributed by atoms with Crippen LogP contribution in [-0.4, -0.2) is 29.5 Å². The highest BCUT2D eigenvalue weighted by molar-refractivity contribution is 5.85. The standard InChI is InChI=1S/C11H15F2N3.ClH/c1-8-11(15-5-4-14-8)16-6-2-9(3-7-16)10(12)13;/h4-5,9-10H,2-3,6-7H2,1H3;1H. The van der Waals surface area contributed by atoms with Crippen molar-refractivity contribution in [3.05, 3.63) is 18.1 Å². The first-order valence-corrected chi connectivity index (χ1v) is 5.49. The van der Waals surface area contributed by atoms with Crippen molar-refractivity contribution in [1.29, 1.82) is 0 Å². The van der Waals surface area contributed by atoms with Crippen LogP contribution < -0.4 is 4.90 Å². The topological polar surface area (TPSA) is 29.0 Å². The second-order valence-electron chi connectivity index (χ2n) is 4.12. The van der Waals surface area contributed by atoms with Gasteiger partial charge in [0.05, 0.1) is 5.69 Å². The van der Waals surface area contributed by atoms with Crippen molar-refractivity contribution >= 4 is 18.2 Å². The highest BCUT2D eigenvalue weighted by atomic mass is 35.5. The van der Waals surface area contributed by atoms with Crippen LogP contribution in [0, 0.1) is 12.8 Å². The summed E-state index contributed by atoms with van der Waals surface area (Å²) in [4.78, 5) is 10.4. The van der Waals surface area contributed by atoms with Crippen molar-refractivity contribution in [3.63, 3.8) is 0 Å². The number of alkyl halides is 2. The van der Waals surface area contributed by atoms with Gasteiger partial charge in [0.25, 0.3) is 0 Å². The zero-order valence-electron chi connectivity index (χ0n) is 9.64. The molecule has 1 aromatic heterocycles. The molecule has 1 aliphatic heterocycles. The van der Waals surface area contributed by atoms with Gasteiger partial charge in [-0.1, -0.05) is 0 Å². The zero-order chi connectivity index (χ0) is 11.5. The van der Waals surface area contributed by atoms with Crippen molar-refractivity contribution in [2.45, 2.75) is 26.2 Å². The molecule has 6 heteroatoms. The summed E-state index contributed by atoms with van der Waals surface area (Å²) in [5.41, 5.74) is 0.859. The molecule has 2 heterocycles. The van der Waals surface area contributed by atoms with Crippen molar-refractivity contribution in [3.8, 4) is 0 Å². The monoisotopic (exact) mass is 263 g/mol. The summed E-state index contributed by atoms with van der Waals surface area (Å²) in [6.07, 6.45) is 2.17. The molecular formula is C11H16ClF2N3. The summed E-state index contributed by atoms with van der Waals surface area (Å²) in [5, 5.41) is 0. The number of rotatable bonds is 2. The highest BCUT2D eigenvalue weighted by Crippen LogP contribution is 2.26. The second-order valence-corrected chi connectivity index (χ2v) is 4.12. The Morgan fingerprint density at radius 2 is 1.82 bits per heavy atom. The molecule has 0 radical (unpaired) electrons. The molecule has 1 aromatic rings. The number of hydrogen-bond donors (Lipinski definition) is 0. The number of hydrogen-bond acceptors (Lipinski definition) is 3. The molecule has 3 nitrogen and oxygen atoms in total. The lowest BCUT2D eigenvalue weighted by Crippen LogP contribution is -2.36. The highest BCUT2D eigenvalue weighted by Gasteiger charge is 2.27. The fourth-order valence-corrected chi connectivity index (χ4v) is 2.07. The molecule has 0 aromatic carbocycles. The van der Waals surface area contributed by atoms with E-state index in [9.17, 15) is 8.78 Å². The Morgan fingerprint density at radius 1 is 1.24 bits per heavy atom. The minimum atomic E-state index is -2.19. The molecule has 0 N–H and O–H groups in total. The number of piperidine rings is 1. The Hall–Kier alpha value is -0.970. The van der Waals surface area contributed by atoms with Gasteiger partial charge in [-0.05, 0) is 19.8 Å². The summed E-state index contributed by atoms with van der Waals surface area (Å²) in [6, 6.07) is 0. The normalized spacial score (nSPS) is 17.1. The summed E-state index contributed by atoms with van der Waals surface area (Å²) >= 11 is 0. The predicted octanol–water partition coefficient (Wildman–Crippen LogP) is 2.69. The van der Waals surface area contributed by atoms with E-state index in [2.05, 4.69) is 9.97 Å². The average Bonchev–Trinajstić information content (AvgIpc) is 2.30. The van der Waals surface area contributed by atoms with Gasteiger partial charge in [0.1, 0.15) is 5.82 Å². The maximum absolute atomic E-state index is 12.5. The van der Waals surface area contributed by atoms with E-state index in [4.69, 9.17) is 0 Å². The third kappa shape index (κ3) is 3.25. The van der Waals surface area contributed by atoms with Crippen LogP contribution in [-0.2, 0) is 0 Å². The molecule has 0 unspecified atom stereocenters. The summed E-state index contributed by atoms with van der Waals surface area (Å²) in [7, 11) is 0. The first kappa shape index (κ1) is 14.1. The smallest absolute Gasteiger partial charge is 0.241 e. The van der Waals surface area contributed by atoms with Crippen LogP contribution in [0.5, 0.6) is 0 Å². The van der Waals surface area contributed by atoms with Gasteiger partial charge >= 0.3 is 0 Å². The number of aryl methyl sites for hydroxylation is 1. The molecule has 0 atom stereocenters. The Balaban J connectivity index is 0.00000144. The maximum atomic E-state index is 12.5. The second kappa shape index (κ2) is 6.10. The van der Waals surface area contributed by atoms with Crippen molar-refractivity contribution in [1.82, 2.24) is 9.97 Å². The number of anilines is 1. The molecule has 1 fully saturated rings. The van der Waals surface area contributed by atoms with Gasteiger partial charge in [-0.3, -0.25) is 4.98 Å². The first-order chi connectivity index (χ1) is 7.68. The maximum Gasteiger partial charge on any atom is 0.241 e. The molecule has 1 aliphatic rings. The first-order valence-electron chi connectivity index (χ1n) is 5.49. The molecule has 96 valence electrons. The largest absolute Gasteiger partial charge is 0.355 e. The average molecular weight is 264 g/mol. The van der Waals surface area contributed by atoms with Crippen molar-refractivity contribution in [2.75, 3.05) is 18.0 Å². The lowest BCUT2D eigenvalue weighted by atomic mass is 9.97. The Morgan fingerprint density at radius 3 is 2.35 bits per heavy atom. The molecule has 0 amide bonds. The Kier molecular flexibility index (Phi) is 5.05. The van der Waals surface area contributed by atoms with Crippen LogP contribution in [0.15, 0.2) is 12.4 Å². The molecular weight excluding hydrogens is 248 g/mol. The fraction of sp³-hybridized carbons (Fsp3) is 0.636. The van der Waals surface area contributed by atoms with Gasteiger partial charge in [0, 0.05) is 31.4 Å². The number of aromatic nitrogens is 2. The Bertz CT molecular complexity index is 354. The summed E-state index contributed by atoms with van der Waals surface area (Å²) in [6.45, 7) is 3.19. The lowest BCUT2D eigenvalue weighted by molar-refractivity contribution is 0.0635. The van der Waals surface area contributed by atoms with Crippen LogP contribution in [0.25, 0.3) is 0 Å². The van der Waals surface area contributed by atoms with E-state index in [0.717, 1.165) is 11.5 Å². The molecule has 0 spiro atoms.